The molecule has 0 nitrogen and oxygen atoms in total. The van der Waals surface area contributed by atoms with Gasteiger partial charge in [0.2, 0.25) is 0 Å². The fourth-order valence-corrected chi connectivity index (χ4v) is 10.6. The van der Waals surface area contributed by atoms with E-state index < -0.39 is 0 Å². The van der Waals surface area contributed by atoms with Crippen LogP contribution in [0.15, 0.2) is 0 Å². The summed E-state index contributed by atoms with van der Waals surface area (Å²) in [5.41, 5.74) is 2.39. The van der Waals surface area contributed by atoms with Crippen LogP contribution in [-0.4, -0.2) is 0 Å². The third-order valence-corrected chi connectivity index (χ3v) is 12.4. The van der Waals surface area contributed by atoms with Gasteiger partial charge in [-0.3, -0.25) is 0 Å². The number of fused-ring (bicyclic) bond motifs is 5. The molecule has 0 spiro atoms. The Labute approximate surface area is 189 Å². The minimum atomic E-state index is 0.572. The van der Waals surface area contributed by atoms with E-state index in [1.807, 2.05) is 0 Å². The van der Waals surface area contributed by atoms with Crippen molar-refractivity contribution in [2.75, 3.05) is 0 Å². The van der Waals surface area contributed by atoms with Gasteiger partial charge in [0.1, 0.15) is 0 Å². The molecule has 0 saturated heterocycles. The summed E-state index contributed by atoms with van der Waals surface area (Å²) in [7, 11) is 0. The maximum Gasteiger partial charge on any atom is -0.0238 e. The van der Waals surface area contributed by atoms with Gasteiger partial charge in [-0.25, -0.2) is 0 Å². The molecular formula is C30H54. The lowest BCUT2D eigenvalue weighted by molar-refractivity contribution is -0.179. The molecule has 0 aliphatic heterocycles. The first-order valence-corrected chi connectivity index (χ1v) is 14.0. The van der Waals surface area contributed by atoms with E-state index >= 15 is 0 Å². The van der Waals surface area contributed by atoms with Gasteiger partial charge >= 0.3 is 0 Å². The van der Waals surface area contributed by atoms with Crippen LogP contribution in [0, 0.1) is 57.2 Å². The lowest BCUT2D eigenvalue weighted by atomic mass is 9.38. The van der Waals surface area contributed by atoms with E-state index in [9.17, 15) is 0 Å². The lowest BCUT2D eigenvalue weighted by Crippen LogP contribution is -2.59. The smallest absolute Gasteiger partial charge is 0.0238 e. The fourth-order valence-electron chi connectivity index (χ4n) is 10.6. The standard InChI is InChI=1S/C30H54/c1-21(2)11-9-12-22(3)23-15-19-30(8)25-13-14-26-27(4,5)17-10-18-28(26,6)24(25)16-20-29(23,30)7/h21-26H,9-20H2,1-8H3/t22-,23-,24-,25+,26+,28+,29-,30+/m0/s1. The summed E-state index contributed by atoms with van der Waals surface area (Å²) in [4.78, 5) is 0. The molecule has 4 rings (SSSR count). The molecule has 0 aromatic heterocycles. The van der Waals surface area contributed by atoms with E-state index in [2.05, 4.69) is 55.4 Å². The van der Waals surface area contributed by atoms with Gasteiger partial charge in [-0.15, -0.1) is 0 Å². The van der Waals surface area contributed by atoms with E-state index in [0.717, 1.165) is 35.5 Å². The van der Waals surface area contributed by atoms with Crippen LogP contribution >= 0.6 is 0 Å². The molecule has 0 heterocycles. The monoisotopic (exact) mass is 414 g/mol. The van der Waals surface area contributed by atoms with Crippen molar-refractivity contribution in [1.82, 2.24) is 0 Å². The highest BCUT2D eigenvalue weighted by Gasteiger charge is 2.66. The van der Waals surface area contributed by atoms with Gasteiger partial charge in [-0.2, -0.15) is 0 Å². The SMILES string of the molecule is CC(C)CCC[C@H](C)[C@@H]1CC[C@]2(C)[C@@H]3CC[C@@H]4C(C)(C)CCC[C@]4(C)[C@H]3CC[C@@]12C. The third kappa shape index (κ3) is 3.36. The summed E-state index contributed by atoms with van der Waals surface area (Å²) < 4.78 is 0. The molecule has 30 heavy (non-hydrogen) atoms. The first-order chi connectivity index (χ1) is 14.0. The zero-order chi connectivity index (χ0) is 21.9. The molecule has 0 aromatic rings. The summed E-state index contributed by atoms with van der Waals surface area (Å²) >= 11 is 0. The van der Waals surface area contributed by atoms with Crippen molar-refractivity contribution in [3.05, 3.63) is 0 Å². The van der Waals surface area contributed by atoms with Gasteiger partial charge in [0.05, 0.1) is 0 Å². The Kier molecular flexibility index (Phi) is 6.02. The Morgan fingerprint density at radius 2 is 1.40 bits per heavy atom. The molecule has 8 atom stereocenters. The van der Waals surface area contributed by atoms with Crippen LogP contribution in [0.2, 0.25) is 0 Å². The zero-order valence-corrected chi connectivity index (χ0v) is 21.9. The van der Waals surface area contributed by atoms with Crippen LogP contribution in [0.5, 0.6) is 0 Å². The summed E-state index contributed by atoms with van der Waals surface area (Å²) in [5.74, 6) is 5.74. The van der Waals surface area contributed by atoms with Gasteiger partial charge < -0.3 is 0 Å². The van der Waals surface area contributed by atoms with Crippen LogP contribution < -0.4 is 0 Å². The van der Waals surface area contributed by atoms with E-state index in [1.165, 1.54) is 77.0 Å². The van der Waals surface area contributed by atoms with Crippen molar-refractivity contribution in [3.63, 3.8) is 0 Å². The summed E-state index contributed by atoms with van der Waals surface area (Å²) in [6.07, 6.45) is 18.0. The van der Waals surface area contributed by atoms with Gasteiger partial charge in [-0.05, 0) is 109 Å². The molecule has 4 fully saturated rings. The molecule has 4 aliphatic rings. The Morgan fingerprint density at radius 3 is 2.10 bits per heavy atom. The topological polar surface area (TPSA) is 0 Å². The second kappa shape index (κ2) is 7.80. The average molecular weight is 415 g/mol. The van der Waals surface area contributed by atoms with Crippen molar-refractivity contribution in [1.29, 1.82) is 0 Å². The molecule has 0 unspecified atom stereocenters. The quantitative estimate of drug-likeness (QED) is 0.420. The molecule has 4 aliphatic carbocycles. The van der Waals surface area contributed by atoms with Crippen LogP contribution in [-0.2, 0) is 0 Å². The van der Waals surface area contributed by atoms with Gasteiger partial charge in [0.25, 0.3) is 0 Å². The predicted octanol–water partition coefficient (Wildman–Crippen LogP) is 9.52. The van der Waals surface area contributed by atoms with Crippen molar-refractivity contribution in [3.8, 4) is 0 Å². The minimum Gasteiger partial charge on any atom is -0.0628 e. The highest BCUT2D eigenvalue weighted by atomic mass is 14.7. The van der Waals surface area contributed by atoms with Crippen LogP contribution in [0.3, 0.4) is 0 Å². The molecule has 0 bridgehead atoms. The Morgan fingerprint density at radius 1 is 0.700 bits per heavy atom. The highest BCUT2D eigenvalue weighted by molar-refractivity contribution is 5.15. The van der Waals surface area contributed by atoms with Crippen molar-refractivity contribution >= 4 is 0 Å². The molecule has 0 N–H and O–H groups in total. The molecule has 0 radical (unpaired) electrons. The Balaban J connectivity index is 1.55. The largest absolute Gasteiger partial charge is 0.0628 e. The fraction of sp³-hybridized carbons (Fsp3) is 1.00. The van der Waals surface area contributed by atoms with E-state index in [-0.39, 0.29) is 0 Å². The normalized spacial score (nSPS) is 48.7. The highest BCUT2D eigenvalue weighted by Crippen LogP contribution is 2.74. The van der Waals surface area contributed by atoms with E-state index in [1.54, 1.807) is 0 Å². The maximum atomic E-state index is 2.78. The van der Waals surface area contributed by atoms with E-state index in [0.29, 0.717) is 21.7 Å². The van der Waals surface area contributed by atoms with Crippen LogP contribution in [0.1, 0.15) is 132 Å². The third-order valence-electron chi connectivity index (χ3n) is 12.4. The average Bonchev–Trinajstić information content (AvgIpc) is 2.92. The number of rotatable bonds is 5. The van der Waals surface area contributed by atoms with Gasteiger partial charge in [0.15, 0.2) is 0 Å². The van der Waals surface area contributed by atoms with Gasteiger partial charge in [0, 0.05) is 0 Å². The molecule has 174 valence electrons. The Hall–Kier alpha value is 0. The van der Waals surface area contributed by atoms with Gasteiger partial charge in [-0.1, -0.05) is 81.1 Å². The number of hydrogen-bond acceptors (Lipinski definition) is 0. The molecule has 0 aromatic carbocycles. The summed E-state index contributed by atoms with van der Waals surface area (Å²) in [6.45, 7) is 20.9. The second-order valence-electron chi connectivity index (χ2n) is 14.5. The van der Waals surface area contributed by atoms with Crippen molar-refractivity contribution in [2.24, 2.45) is 57.2 Å². The van der Waals surface area contributed by atoms with Crippen LogP contribution in [0.4, 0.5) is 0 Å². The van der Waals surface area contributed by atoms with Crippen LogP contribution in [0.25, 0.3) is 0 Å². The molecule has 4 saturated carbocycles. The minimum absolute atomic E-state index is 0.572. The van der Waals surface area contributed by atoms with E-state index in [4.69, 9.17) is 0 Å². The zero-order valence-electron chi connectivity index (χ0n) is 21.9. The summed E-state index contributed by atoms with van der Waals surface area (Å²) in [5, 5.41) is 0. The predicted molar refractivity (Wildman–Crippen MR) is 131 cm³/mol. The van der Waals surface area contributed by atoms with Crippen molar-refractivity contribution in [2.45, 2.75) is 132 Å². The summed E-state index contributed by atoms with van der Waals surface area (Å²) in [6, 6.07) is 0. The first-order valence-electron chi connectivity index (χ1n) is 14.0. The van der Waals surface area contributed by atoms with Crippen molar-refractivity contribution < 1.29 is 0 Å². The Bertz CT molecular complexity index is 616. The molecular weight excluding hydrogens is 360 g/mol. The molecule has 0 heteroatoms. The maximum absolute atomic E-state index is 2.78. The first kappa shape index (κ1) is 23.2. The second-order valence-corrected chi connectivity index (χ2v) is 14.5. The lowest BCUT2D eigenvalue weighted by Gasteiger charge is -2.67. The molecule has 0 amide bonds. The number of hydrogen-bond donors (Lipinski definition) is 0.